The van der Waals surface area contributed by atoms with Crippen molar-refractivity contribution >= 4 is 28.0 Å². The number of nitrogens with two attached hydrogens (primary N) is 1. The number of halogens is 3. The molecule has 0 atom stereocenters. The van der Waals surface area contributed by atoms with Crippen LogP contribution in [0.25, 0.3) is 0 Å². The maximum atomic E-state index is 12.6. The number of aldehydes is 1. The molecule has 0 bridgehead atoms. The van der Waals surface area contributed by atoms with Crippen LogP contribution in [0.15, 0.2) is 6.20 Å². The molecule has 0 unspecified atom stereocenters. The highest BCUT2D eigenvalue weighted by molar-refractivity contribution is 9.08. The van der Waals surface area contributed by atoms with Crippen LogP contribution in [0.3, 0.4) is 0 Å². The van der Waals surface area contributed by atoms with Gasteiger partial charge in [-0.1, -0.05) is 15.9 Å². The van der Waals surface area contributed by atoms with Gasteiger partial charge in [-0.3, -0.25) is 4.79 Å². The first-order valence-corrected chi connectivity index (χ1v) is 4.80. The van der Waals surface area contributed by atoms with E-state index in [0.29, 0.717) is 6.29 Å². The molecule has 6 heteroatoms. The lowest BCUT2D eigenvalue weighted by atomic mass is 10.1. The van der Waals surface area contributed by atoms with Gasteiger partial charge < -0.3 is 5.73 Å². The van der Waals surface area contributed by atoms with Crippen LogP contribution in [0.5, 0.6) is 0 Å². The lowest BCUT2D eigenvalue weighted by molar-refractivity contribution is 0.110. The maximum absolute atomic E-state index is 12.6. The van der Waals surface area contributed by atoms with Gasteiger partial charge in [-0.2, -0.15) is 0 Å². The fourth-order valence-electron chi connectivity index (χ4n) is 1.09. The number of nitrogens with zero attached hydrogens (tertiary/aromatic N) is 1. The normalized spacial score (nSPS) is 10.6. The number of hydrogen-bond donors (Lipinski definition) is 1. The molecule has 0 radical (unpaired) electrons. The number of aromatic nitrogens is 1. The first-order valence-electron chi connectivity index (χ1n) is 3.68. The van der Waals surface area contributed by atoms with Crippen molar-refractivity contribution in [1.29, 1.82) is 0 Å². The van der Waals surface area contributed by atoms with Crippen LogP contribution in [0.1, 0.15) is 27.9 Å². The van der Waals surface area contributed by atoms with Crippen LogP contribution in [-0.4, -0.2) is 11.3 Å². The Morgan fingerprint density at radius 1 is 1.64 bits per heavy atom. The highest BCUT2D eigenvalue weighted by Crippen LogP contribution is 2.29. The van der Waals surface area contributed by atoms with E-state index >= 15 is 0 Å². The summed E-state index contributed by atoms with van der Waals surface area (Å²) in [5.74, 6) is 0.0165. The third-order valence-corrected chi connectivity index (χ3v) is 2.33. The van der Waals surface area contributed by atoms with Gasteiger partial charge in [0.15, 0.2) is 6.29 Å². The number of nitrogen functional groups attached to an aromatic ring is 1. The number of hydrogen-bond acceptors (Lipinski definition) is 3. The number of carbonyl (C=O) groups is 1. The zero-order valence-electron chi connectivity index (χ0n) is 7.01. The highest BCUT2D eigenvalue weighted by Gasteiger charge is 2.19. The second-order valence-electron chi connectivity index (χ2n) is 2.54. The summed E-state index contributed by atoms with van der Waals surface area (Å²) in [5, 5.41) is 0.146. The molecule has 0 saturated carbocycles. The van der Waals surface area contributed by atoms with E-state index in [0.717, 1.165) is 6.20 Å². The fraction of sp³-hybridized carbons (Fsp3) is 0.250. The van der Waals surface area contributed by atoms with Crippen molar-refractivity contribution in [3.8, 4) is 0 Å². The summed E-state index contributed by atoms with van der Waals surface area (Å²) >= 11 is 3.02. The van der Waals surface area contributed by atoms with Gasteiger partial charge in [0.05, 0.1) is 0 Å². The van der Waals surface area contributed by atoms with Gasteiger partial charge in [0.25, 0.3) is 6.43 Å². The summed E-state index contributed by atoms with van der Waals surface area (Å²) in [7, 11) is 0. The summed E-state index contributed by atoms with van der Waals surface area (Å²) in [6, 6.07) is 0. The Morgan fingerprint density at radius 3 is 2.71 bits per heavy atom. The summed E-state index contributed by atoms with van der Waals surface area (Å²) in [6.07, 6.45) is -1.33. The predicted molar refractivity (Wildman–Crippen MR) is 51.6 cm³/mol. The van der Waals surface area contributed by atoms with Crippen LogP contribution in [0.2, 0.25) is 0 Å². The minimum atomic E-state index is -2.73. The van der Waals surface area contributed by atoms with Crippen molar-refractivity contribution in [2.24, 2.45) is 0 Å². The van der Waals surface area contributed by atoms with Crippen LogP contribution in [0, 0.1) is 0 Å². The highest BCUT2D eigenvalue weighted by atomic mass is 79.9. The molecule has 0 aliphatic heterocycles. The first-order chi connectivity index (χ1) is 6.61. The molecule has 14 heavy (non-hydrogen) atoms. The Labute approximate surface area is 87.4 Å². The minimum absolute atomic E-state index is 0.0165. The molecular formula is C8H7BrF2N2O. The van der Waals surface area contributed by atoms with E-state index in [4.69, 9.17) is 5.73 Å². The molecule has 0 spiro atoms. The van der Waals surface area contributed by atoms with Crippen LogP contribution in [0.4, 0.5) is 14.6 Å². The van der Waals surface area contributed by atoms with E-state index in [1.165, 1.54) is 0 Å². The number of alkyl halides is 3. The van der Waals surface area contributed by atoms with Crippen molar-refractivity contribution in [3.05, 3.63) is 22.9 Å². The largest absolute Gasteiger partial charge is 0.383 e. The molecule has 3 nitrogen and oxygen atoms in total. The average molecular weight is 265 g/mol. The number of anilines is 1. The van der Waals surface area contributed by atoms with E-state index in [-0.39, 0.29) is 27.8 Å². The van der Waals surface area contributed by atoms with Gasteiger partial charge in [0, 0.05) is 28.2 Å². The number of rotatable bonds is 3. The summed E-state index contributed by atoms with van der Waals surface area (Å²) in [5.41, 5.74) is 5.11. The van der Waals surface area contributed by atoms with Gasteiger partial charge in [-0.15, -0.1) is 0 Å². The van der Waals surface area contributed by atoms with Gasteiger partial charge in [0.1, 0.15) is 5.82 Å². The lowest BCUT2D eigenvalue weighted by Gasteiger charge is -2.10. The molecule has 0 aliphatic carbocycles. The Morgan fingerprint density at radius 2 is 2.29 bits per heavy atom. The topological polar surface area (TPSA) is 56.0 Å². The lowest BCUT2D eigenvalue weighted by Crippen LogP contribution is -2.05. The van der Waals surface area contributed by atoms with Gasteiger partial charge >= 0.3 is 0 Å². The molecule has 1 aromatic heterocycles. The Balaban J connectivity index is 3.43. The van der Waals surface area contributed by atoms with Crippen LogP contribution in [-0.2, 0) is 5.33 Å². The van der Waals surface area contributed by atoms with E-state index in [1.807, 2.05) is 0 Å². The Hall–Kier alpha value is -1.04. The van der Waals surface area contributed by atoms with Crippen molar-refractivity contribution in [3.63, 3.8) is 0 Å². The third-order valence-electron chi connectivity index (χ3n) is 1.77. The second-order valence-corrected chi connectivity index (χ2v) is 3.10. The monoisotopic (exact) mass is 264 g/mol. The van der Waals surface area contributed by atoms with E-state index in [9.17, 15) is 13.6 Å². The van der Waals surface area contributed by atoms with E-state index in [1.54, 1.807) is 0 Å². The average Bonchev–Trinajstić information content (AvgIpc) is 2.17. The van der Waals surface area contributed by atoms with Gasteiger partial charge in [0.2, 0.25) is 0 Å². The number of pyridine rings is 1. The molecule has 0 saturated heterocycles. The SMILES string of the molecule is Nc1ncc(C=O)c(C(F)F)c1CBr. The molecule has 1 aromatic rings. The third kappa shape index (κ3) is 1.89. The second kappa shape index (κ2) is 4.45. The van der Waals surface area contributed by atoms with Crippen molar-refractivity contribution < 1.29 is 13.6 Å². The molecule has 0 fully saturated rings. The molecular weight excluding hydrogens is 258 g/mol. The molecule has 0 aromatic carbocycles. The van der Waals surface area contributed by atoms with Crippen LogP contribution >= 0.6 is 15.9 Å². The van der Waals surface area contributed by atoms with E-state index in [2.05, 4.69) is 20.9 Å². The van der Waals surface area contributed by atoms with Gasteiger partial charge in [-0.25, -0.2) is 13.8 Å². The molecule has 1 rings (SSSR count). The van der Waals surface area contributed by atoms with Crippen LogP contribution < -0.4 is 5.73 Å². The maximum Gasteiger partial charge on any atom is 0.265 e. The standard InChI is InChI=1S/C8H7BrF2N2O/c9-1-5-6(7(10)11)4(3-14)2-13-8(5)12/h2-3,7H,1H2,(H2,12,13). The van der Waals surface area contributed by atoms with Crippen molar-refractivity contribution in [1.82, 2.24) is 4.98 Å². The van der Waals surface area contributed by atoms with Crippen molar-refractivity contribution in [2.45, 2.75) is 11.8 Å². The summed E-state index contributed by atoms with van der Waals surface area (Å²) < 4.78 is 25.2. The van der Waals surface area contributed by atoms with Crippen molar-refractivity contribution in [2.75, 3.05) is 5.73 Å². The summed E-state index contributed by atoms with van der Waals surface area (Å²) in [4.78, 5) is 14.1. The molecule has 0 amide bonds. The Bertz CT molecular complexity index is 357. The molecule has 76 valence electrons. The molecule has 1 heterocycles. The molecule has 2 N–H and O–H groups in total. The predicted octanol–water partition coefficient (Wildman–Crippen LogP) is 2.31. The zero-order valence-corrected chi connectivity index (χ0v) is 8.59. The quantitative estimate of drug-likeness (QED) is 0.674. The number of carbonyl (C=O) groups excluding carboxylic acids is 1. The Kier molecular flexibility index (Phi) is 3.51. The fourth-order valence-corrected chi connectivity index (χ4v) is 1.68. The minimum Gasteiger partial charge on any atom is -0.383 e. The molecule has 0 aliphatic rings. The smallest absolute Gasteiger partial charge is 0.265 e. The van der Waals surface area contributed by atoms with E-state index < -0.39 is 6.43 Å². The summed E-state index contributed by atoms with van der Waals surface area (Å²) in [6.45, 7) is 0. The zero-order chi connectivity index (χ0) is 10.7. The first kappa shape index (κ1) is 11.0. The van der Waals surface area contributed by atoms with Gasteiger partial charge in [-0.05, 0) is 0 Å².